The van der Waals surface area contributed by atoms with Crippen molar-refractivity contribution in [2.24, 2.45) is 0 Å². The molecule has 0 aliphatic heterocycles. The van der Waals surface area contributed by atoms with Gasteiger partial charge in [-0.1, -0.05) is 0 Å². The van der Waals surface area contributed by atoms with Gasteiger partial charge in [0.15, 0.2) is 5.82 Å². The summed E-state index contributed by atoms with van der Waals surface area (Å²) in [5.74, 6) is 0.448. The standard InChI is InChI=1S/C19H18FN3O3S/c1-2-26-17-11-9-15(10-12-17)22-19-18(4-3-13-21-19)27(24,25)23-16-7-5-14(20)6-8-16/h3-13,23H,2H2,1H3,(H,21,22). The van der Waals surface area contributed by atoms with E-state index < -0.39 is 15.8 Å². The van der Waals surface area contributed by atoms with Crippen LogP contribution in [0.25, 0.3) is 0 Å². The first-order valence-corrected chi connectivity index (χ1v) is 9.69. The Morgan fingerprint density at radius 1 is 1.00 bits per heavy atom. The van der Waals surface area contributed by atoms with Gasteiger partial charge in [-0.3, -0.25) is 4.72 Å². The second kappa shape index (κ2) is 8.05. The Balaban J connectivity index is 1.85. The average Bonchev–Trinajstić information content (AvgIpc) is 2.66. The van der Waals surface area contributed by atoms with Gasteiger partial charge >= 0.3 is 0 Å². The van der Waals surface area contributed by atoms with Crippen molar-refractivity contribution in [3.8, 4) is 5.75 Å². The highest BCUT2D eigenvalue weighted by Gasteiger charge is 2.20. The topological polar surface area (TPSA) is 80.3 Å². The molecule has 1 heterocycles. The molecule has 0 unspecified atom stereocenters. The van der Waals surface area contributed by atoms with Gasteiger partial charge in [-0.2, -0.15) is 0 Å². The van der Waals surface area contributed by atoms with E-state index in [1.165, 1.54) is 42.6 Å². The van der Waals surface area contributed by atoms with Gasteiger partial charge in [-0.15, -0.1) is 0 Å². The van der Waals surface area contributed by atoms with Crippen molar-refractivity contribution < 1.29 is 17.5 Å². The molecular weight excluding hydrogens is 369 g/mol. The van der Waals surface area contributed by atoms with Crippen LogP contribution in [0.2, 0.25) is 0 Å². The van der Waals surface area contributed by atoms with Crippen LogP contribution in [-0.2, 0) is 10.0 Å². The molecule has 8 heteroatoms. The first kappa shape index (κ1) is 18.7. The van der Waals surface area contributed by atoms with Crippen LogP contribution in [0, 0.1) is 5.82 Å². The van der Waals surface area contributed by atoms with Gasteiger partial charge in [-0.25, -0.2) is 17.8 Å². The molecule has 0 saturated heterocycles. The number of benzene rings is 2. The maximum atomic E-state index is 13.0. The van der Waals surface area contributed by atoms with E-state index in [1.54, 1.807) is 24.3 Å². The fourth-order valence-corrected chi connectivity index (χ4v) is 3.54. The molecule has 0 amide bonds. The molecular formula is C19H18FN3O3S. The van der Waals surface area contributed by atoms with Crippen LogP contribution in [-0.4, -0.2) is 20.0 Å². The van der Waals surface area contributed by atoms with E-state index in [4.69, 9.17) is 4.74 Å². The third-order valence-electron chi connectivity index (χ3n) is 3.58. The summed E-state index contributed by atoms with van der Waals surface area (Å²) in [5.41, 5.74) is 0.919. The Bertz CT molecular complexity index is 1010. The summed E-state index contributed by atoms with van der Waals surface area (Å²) < 4.78 is 46.3. The van der Waals surface area contributed by atoms with Crippen molar-refractivity contribution in [1.29, 1.82) is 0 Å². The summed E-state index contributed by atoms with van der Waals surface area (Å²) >= 11 is 0. The second-order valence-electron chi connectivity index (χ2n) is 5.54. The number of hydrogen-bond acceptors (Lipinski definition) is 5. The number of halogens is 1. The Morgan fingerprint density at radius 2 is 1.67 bits per heavy atom. The van der Waals surface area contributed by atoms with Crippen molar-refractivity contribution in [3.63, 3.8) is 0 Å². The van der Waals surface area contributed by atoms with E-state index in [0.29, 0.717) is 12.3 Å². The molecule has 27 heavy (non-hydrogen) atoms. The van der Waals surface area contributed by atoms with Crippen LogP contribution < -0.4 is 14.8 Å². The summed E-state index contributed by atoms with van der Waals surface area (Å²) in [6.07, 6.45) is 1.49. The van der Waals surface area contributed by atoms with Crippen LogP contribution in [0.5, 0.6) is 5.75 Å². The molecule has 2 N–H and O–H groups in total. The number of anilines is 3. The van der Waals surface area contributed by atoms with Crippen LogP contribution in [0.4, 0.5) is 21.6 Å². The molecule has 0 spiro atoms. The van der Waals surface area contributed by atoms with Gasteiger partial charge in [0.1, 0.15) is 16.5 Å². The molecule has 0 atom stereocenters. The minimum Gasteiger partial charge on any atom is -0.494 e. The maximum absolute atomic E-state index is 13.0. The molecule has 0 aliphatic rings. The van der Waals surface area contributed by atoms with Crippen molar-refractivity contribution in [3.05, 3.63) is 72.7 Å². The first-order chi connectivity index (χ1) is 13.0. The molecule has 0 fully saturated rings. The van der Waals surface area contributed by atoms with E-state index in [2.05, 4.69) is 15.0 Å². The molecule has 6 nitrogen and oxygen atoms in total. The summed E-state index contributed by atoms with van der Waals surface area (Å²) in [6, 6.07) is 15.1. The number of nitrogens with one attached hydrogen (secondary N) is 2. The lowest BCUT2D eigenvalue weighted by Crippen LogP contribution is -2.15. The summed E-state index contributed by atoms with van der Waals surface area (Å²) in [5, 5.41) is 3.00. The van der Waals surface area contributed by atoms with E-state index in [1.807, 2.05) is 6.92 Å². The molecule has 0 aliphatic carbocycles. The van der Waals surface area contributed by atoms with Crippen molar-refractivity contribution in [2.75, 3.05) is 16.6 Å². The lowest BCUT2D eigenvalue weighted by Gasteiger charge is -2.13. The highest BCUT2D eigenvalue weighted by atomic mass is 32.2. The fraction of sp³-hybridized carbons (Fsp3) is 0.105. The zero-order valence-electron chi connectivity index (χ0n) is 14.5. The Hall–Kier alpha value is -3.13. The van der Waals surface area contributed by atoms with Gasteiger partial charge < -0.3 is 10.1 Å². The highest BCUT2D eigenvalue weighted by molar-refractivity contribution is 7.92. The molecule has 140 valence electrons. The van der Waals surface area contributed by atoms with Gasteiger partial charge in [0, 0.05) is 17.6 Å². The molecule has 1 aromatic heterocycles. The van der Waals surface area contributed by atoms with E-state index in [9.17, 15) is 12.8 Å². The minimum atomic E-state index is -3.92. The minimum absolute atomic E-state index is 0.0248. The predicted molar refractivity (Wildman–Crippen MR) is 102 cm³/mol. The average molecular weight is 387 g/mol. The number of hydrogen-bond donors (Lipinski definition) is 2. The van der Waals surface area contributed by atoms with Gasteiger partial charge in [-0.05, 0) is 67.6 Å². The monoisotopic (exact) mass is 387 g/mol. The Morgan fingerprint density at radius 3 is 2.33 bits per heavy atom. The number of ether oxygens (including phenoxy) is 1. The number of rotatable bonds is 7. The van der Waals surface area contributed by atoms with E-state index in [0.717, 1.165) is 5.75 Å². The van der Waals surface area contributed by atoms with Crippen molar-refractivity contribution in [2.45, 2.75) is 11.8 Å². The van der Waals surface area contributed by atoms with Crippen molar-refractivity contribution in [1.82, 2.24) is 4.98 Å². The quantitative estimate of drug-likeness (QED) is 0.636. The zero-order chi connectivity index (χ0) is 19.3. The fourth-order valence-electron chi connectivity index (χ4n) is 2.37. The largest absolute Gasteiger partial charge is 0.494 e. The van der Waals surface area contributed by atoms with E-state index in [-0.39, 0.29) is 16.4 Å². The Labute approximate surface area is 157 Å². The summed E-state index contributed by atoms with van der Waals surface area (Å²) in [4.78, 5) is 4.11. The third kappa shape index (κ3) is 4.73. The molecule has 2 aromatic carbocycles. The molecule has 0 radical (unpaired) electrons. The lowest BCUT2D eigenvalue weighted by molar-refractivity contribution is 0.340. The molecule has 0 bridgehead atoms. The summed E-state index contributed by atoms with van der Waals surface area (Å²) in [6.45, 7) is 2.45. The molecule has 0 saturated carbocycles. The van der Waals surface area contributed by atoms with Crippen LogP contribution in [0.1, 0.15) is 6.92 Å². The third-order valence-corrected chi connectivity index (χ3v) is 5.00. The highest BCUT2D eigenvalue weighted by Crippen LogP contribution is 2.26. The normalized spacial score (nSPS) is 11.0. The number of nitrogens with zero attached hydrogens (tertiary/aromatic N) is 1. The Kier molecular flexibility index (Phi) is 5.56. The van der Waals surface area contributed by atoms with Gasteiger partial charge in [0.25, 0.3) is 10.0 Å². The number of sulfonamides is 1. The van der Waals surface area contributed by atoms with E-state index >= 15 is 0 Å². The zero-order valence-corrected chi connectivity index (χ0v) is 15.3. The lowest BCUT2D eigenvalue weighted by atomic mass is 10.3. The number of pyridine rings is 1. The first-order valence-electron chi connectivity index (χ1n) is 8.21. The van der Waals surface area contributed by atoms with Crippen LogP contribution in [0.3, 0.4) is 0 Å². The van der Waals surface area contributed by atoms with Crippen LogP contribution >= 0.6 is 0 Å². The number of aromatic nitrogens is 1. The molecule has 3 aromatic rings. The summed E-state index contributed by atoms with van der Waals surface area (Å²) in [7, 11) is -3.92. The predicted octanol–water partition coefficient (Wildman–Crippen LogP) is 4.16. The SMILES string of the molecule is CCOc1ccc(Nc2ncccc2S(=O)(=O)Nc2ccc(F)cc2)cc1. The van der Waals surface area contributed by atoms with Crippen molar-refractivity contribution >= 4 is 27.2 Å². The smallest absolute Gasteiger partial charge is 0.265 e. The molecule has 3 rings (SSSR count). The van der Waals surface area contributed by atoms with Gasteiger partial charge in [0.05, 0.1) is 6.61 Å². The maximum Gasteiger partial charge on any atom is 0.265 e. The van der Waals surface area contributed by atoms with Gasteiger partial charge in [0.2, 0.25) is 0 Å². The second-order valence-corrected chi connectivity index (χ2v) is 7.20. The van der Waals surface area contributed by atoms with Crippen LogP contribution in [0.15, 0.2) is 71.8 Å².